The number of amides is 2. The number of ether oxygens (including phenoxy) is 1. The van der Waals surface area contributed by atoms with E-state index in [1.165, 1.54) is 19.3 Å². The first-order chi connectivity index (χ1) is 9.77. The molecule has 0 aromatic heterocycles. The van der Waals surface area contributed by atoms with Crippen molar-refractivity contribution in [2.24, 2.45) is 0 Å². The van der Waals surface area contributed by atoms with Crippen LogP contribution in [0.1, 0.15) is 44.9 Å². The average molecular weight is 318 g/mol. The largest absolute Gasteiger partial charge is 0.372 e. The van der Waals surface area contributed by atoms with Gasteiger partial charge in [0.25, 0.3) is 0 Å². The van der Waals surface area contributed by atoms with Gasteiger partial charge in [-0.15, -0.1) is 12.4 Å². The highest BCUT2D eigenvalue weighted by Crippen LogP contribution is 2.27. The van der Waals surface area contributed by atoms with E-state index < -0.39 is 0 Å². The van der Waals surface area contributed by atoms with Gasteiger partial charge in [0.2, 0.25) is 0 Å². The second kappa shape index (κ2) is 7.65. The van der Waals surface area contributed by atoms with Crippen molar-refractivity contribution in [3.05, 3.63) is 0 Å². The van der Waals surface area contributed by atoms with E-state index in [1.807, 2.05) is 4.90 Å². The zero-order valence-electron chi connectivity index (χ0n) is 12.7. The maximum atomic E-state index is 12.3. The molecule has 6 heteroatoms. The van der Waals surface area contributed by atoms with Gasteiger partial charge in [-0.2, -0.15) is 0 Å². The van der Waals surface area contributed by atoms with Crippen LogP contribution in [0.25, 0.3) is 0 Å². The van der Waals surface area contributed by atoms with Crippen molar-refractivity contribution in [2.45, 2.75) is 56.6 Å². The number of nitrogens with one attached hydrogen (secondary N) is 2. The molecule has 1 aliphatic carbocycles. The number of rotatable bonds is 1. The summed E-state index contributed by atoms with van der Waals surface area (Å²) in [6.07, 6.45) is 8.05. The Morgan fingerprint density at radius 3 is 2.52 bits per heavy atom. The molecule has 2 N–H and O–H groups in total. The van der Waals surface area contributed by atoms with Gasteiger partial charge in [-0.05, 0) is 25.7 Å². The number of likely N-dealkylation sites (tertiary alicyclic amines) is 1. The maximum absolute atomic E-state index is 12.3. The van der Waals surface area contributed by atoms with Crippen molar-refractivity contribution in [3.63, 3.8) is 0 Å². The first-order valence-electron chi connectivity index (χ1n) is 8.18. The van der Waals surface area contributed by atoms with Crippen LogP contribution in [0.4, 0.5) is 4.79 Å². The van der Waals surface area contributed by atoms with Crippen LogP contribution in [-0.4, -0.2) is 55.4 Å². The number of hydrogen-bond acceptors (Lipinski definition) is 3. The standard InChI is InChI=1S/C15H27N3O2.ClH/c19-14(17-13-4-2-1-3-5-13)18-9-6-15(7-10-18)12-16-8-11-20-15;/h13,16H,1-12H2,(H,17,19);1H. The van der Waals surface area contributed by atoms with Crippen molar-refractivity contribution in [2.75, 3.05) is 32.8 Å². The summed E-state index contributed by atoms with van der Waals surface area (Å²) >= 11 is 0. The van der Waals surface area contributed by atoms with Crippen LogP contribution in [0.3, 0.4) is 0 Å². The minimum Gasteiger partial charge on any atom is -0.372 e. The summed E-state index contributed by atoms with van der Waals surface area (Å²) in [6.45, 7) is 4.33. The van der Waals surface area contributed by atoms with Crippen molar-refractivity contribution < 1.29 is 9.53 Å². The molecular formula is C15H28ClN3O2. The fourth-order valence-electron chi connectivity index (χ4n) is 3.66. The smallest absolute Gasteiger partial charge is 0.317 e. The van der Waals surface area contributed by atoms with Gasteiger partial charge in [-0.25, -0.2) is 4.79 Å². The molecule has 5 nitrogen and oxygen atoms in total. The molecule has 21 heavy (non-hydrogen) atoms. The Morgan fingerprint density at radius 1 is 1.19 bits per heavy atom. The molecule has 1 spiro atoms. The molecule has 2 aliphatic heterocycles. The van der Waals surface area contributed by atoms with Crippen LogP contribution in [0.15, 0.2) is 0 Å². The lowest BCUT2D eigenvalue weighted by atomic mass is 9.90. The van der Waals surface area contributed by atoms with E-state index in [2.05, 4.69) is 10.6 Å². The molecule has 3 aliphatic rings. The topological polar surface area (TPSA) is 53.6 Å². The highest BCUT2D eigenvalue weighted by atomic mass is 35.5. The molecule has 0 bridgehead atoms. The van der Waals surface area contributed by atoms with Crippen LogP contribution >= 0.6 is 12.4 Å². The summed E-state index contributed by atoms with van der Waals surface area (Å²) in [4.78, 5) is 14.3. The summed E-state index contributed by atoms with van der Waals surface area (Å²) in [5.74, 6) is 0. The maximum Gasteiger partial charge on any atom is 0.317 e. The molecule has 122 valence electrons. The van der Waals surface area contributed by atoms with Crippen LogP contribution in [-0.2, 0) is 4.74 Å². The number of carbonyl (C=O) groups is 1. The fraction of sp³-hybridized carbons (Fsp3) is 0.933. The molecule has 0 aromatic rings. The minimum atomic E-state index is -0.0140. The Balaban J connectivity index is 0.00000161. The molecule has 2 amide bonds. The van der Waals surface area contributed by atoms with Crippen LogP contribution in [0.5, 0.6) is 0 Å². The Bertz CT molecular complexity index is 332. The molecule has 2 heterocycles. The van der Waals surface area contributed by atoms with Gasteiger partial charge < -0.3 is 20.3 Å². The predicted octanol–water partition coefficient (Wildman–Crippen LogP) is 1.90. The zero-order chi connectivity index (χ0) is 13.8. The second-order valence-electron chi connectivity index (χ2n) is 6.48. The first-order valence-corrected chi connectivity index (χ1v) is 8.18. The van der Waals surface area contributed by atoms with Crippen LogP contribution < -0.4 is 10.6 Å². The minimum absolute atomic E-state index is 0. The number of hydrogen-bond donors (Lipinski definition) is 2. The normalized spacial score (nSPS) is 26.2. The molecule has 0 aromatic carbocycles. The molecular weight excluding hydrogens is 290 g/mol. The van der Waals surface area contributed by atoms with E-state index in [4.69, 9.17) is 4.74 Å². The highest BCUT2D eigenvalue weighted by Gasteiger charge is 2.38. The molecule has 3 rings (SSSR count). The Hall–Kier alpha value is -0.520. The molecule has 0 atom stereocenters. The van der Waals surface area contributed by atoms with Crippen molar-refractivity contribution in [1.29, 1.82) is 0 Å². The van der Waals surface area contributed by atoms with E-state index in [9.17, 15) is 4.79 Å². The third kappa shape index (κ3) is 4.24. The first kappa shape index (κ1) is 16.8. The van der Waals surface area contributed by atoms with E-state index in [0.717, 1.165) is 58.5 Å². The molecule has 3 fully saturated rings. The number of halogens is 1. The van der Waals surface area contributed by atoms with Gasteiger partial charge in [0, 0.05) is 32.2 Å². The van der Waals surface area contributed by atoms with Crippen LogP contribution in [0.2, 0.25) is 0 Å². The summed E-state index contributed by atoms with van der Waals surface area (Å²) in [6, 6.07) is 0.537. The lowest BCUT2D eigenvalue weighted by molar-refractivity contribution is -0.0947. The van der Waals surface area contributed by atoms with Crippen molar-refractivity contribution in [3.8, 4) is 0 Å². The Morgan fingerprint density at radius 2 is 1.90 bits per heavy atom. The third-order valence-electron chi connectivity index (χ3n) is 5.03. The zero-order valence-corrected chi connectivity index (χ0v) is 13.6. The monoisotopic (exact) mass is 317 g/mol. The predicted molar refractivity (Wildman–Crippen MR) is 85.0 cm³/mol. The fourth-order valence-corrected chi connectivity index (χ4v) is 3.66. The highest BCUT2D eigenvalue weighted by molar-refractivity contribution is 5.85. The number of carbonyl (C=O) groups excluding carboxylic acids is 1. The summed E-state index contributed by atoms with van der Waals surface area (Å²) in [5, 5.41) is 6.62. The summed E-state index contributed by atoms with van der Waals surface area (Å²) in [5.41, 5.74) is -0.0140. The van der Waals surface area contributed by atoms with E-state index in [-0.39, 0.29) is 24.0 Å². The third-order valence-corrected chi connectivity index (χ3v) is 5.03. The van der Waals surface area contributed by atoms with Gasteiger partial charge in [-0.3, -0.25) is 0 Å². The summed E-state index contributed by atoms with van der Waals surface area (Å²) < 4.78 is 5.96. The number of piperidine rings is 1. The number of urea groups is 1. The average Bonchev–Trinajstić information content (AvgIpc) is 2.50. The Labute approximate surface area is 133 Å². The lowest BCUT2D eigenvalue weighted by Gasteiger charge is -2.44. The second-order valence-corrected chi connectivity index (χ2v) is 6.48. The van der Waals surface area contributed by atoms with E-state index in [0.29, 0.717) is 6.04 Å². The van der Waals surface area contributed by atoms with Crippen molar-refractivity contribution >= 4 is 18.4 Å². The number of nitrogens with zero attached hydrogens (tertiary/aromatic N) is 1. The Kier molecular flexibility index (Phi) is 6.14. The molecule has 2 saturated heterocycles. The van der Waals surface area contributed by atoms with Gasteiger partial charge in [0.05, 0.1) is 12.2 Å². The SMILES string of the molecule is Cl.O=C(NC1CCCCC1)N1CCC2(CC1)CNCCO2. The van der Waals surface area contributed by atoms with E-state index in [1.54, 1.807) is 0 Å². The van der Waals surface area contributed by atoms with Crippen molar-refractivity contribution in [1.82, 2.24) is 15.5 Å². The summed E-state index contributed by atoms with van der Waals surface area (Å²) in [7, 11) is 0. The molecule has 0 unspecified atom stereocenters. The lowest BCUT2D eigenvalue weighted by Crippen LogP contribution is -2.58. The van der Waals surface area contributed by atoms with Gasteiger partial charge in [-0.1, -0.05) is 19.3 Å². The van der Waals surface area contributed by atoms with Crippen LogP contribution in [0, 0.1) is 0 Å². The van der Waals surface area contributed by atoms with E-state index >= 15 is 0 Å². The molecule has 1 saturated carbocycles. The number of morpholine rings is 1. The van der Waals surface area contributed by atoms with Gasteiger partial charge in [0.15, 0.2) is 0 Å². The van der Waals surface area contributed by atoms with Gasteiger partial charge in [0.1, 0.15) is 0 Å². The van der Waals surface area contributed by atoms with Gasteiger partial charge >= 0.3 is 6.03 Å². The quantitative estimate of drug-likeness (QED) is 0.776. The molecule has 0 radical (unpaired) electrons.